The Morgan fingerprint density at radius 1 is 1.00 bits per heavy atom. The SMILES string of the molecule is BrC=C(Br)COCC(Br)=CBr. The number of rotatable bonds is 4. The van der Waals surface area contributed by atoms with E-state index in [0.29, 0.717) is 13.2 Å². The van der Waals surface area contributed by atoms with Crippen LogP contribution < -0.4 is 0 Å². The zero-order chi connectivity index (χ0) is 8.69. The molecule has 0 radical (unpaired) electrons. The quantitative estimate of drug-likeness (QED) is 0.669. The summed E-state index contributed by atoms with van der Waals surface area (Å²) in [6, 6.07) is 0. The third-order valence-electron chi connectivity index (χ3n) is 0.717. The summed E-state index contributed by atoms with van der Waals surface area (Å²) >= 11 is 12.9. The standard InChI is InChI=1S/C6H6Br4O/c7-1-5(9)3-11-4-6(10)2-8/h1-2H,3-4H2. The molecule has 0 saturated heterocycles. The minimum absolute atomic E-state index is 0.571. The Hall–Kier alpha value is 1.36. The lowest BCUT2D eigenvalue weighted by molar-refractivity contribution is 0.191. The summed E-state index contributed by atoms with van der Waals surface area (Å²) in [5.74, 6) is 0. The Kier molecular flexibility index (Phi) is 8.97. The highest BCUT2D eigenvalue weighted by molar-refractivity contribution is 9.14. The molecule has 0 bridgehead atoms. The lowest BCUT2D eigenvalue weighted by Gasteiger charge is -2.00. The minimum atomic E-state index is 0.571. The molecular weight excluding hydrogens is 408 g/mol. The first-order valence-corrected chi connectivity index (χ1v) is 6.09. The molecule has 0 aromatic heterocycles. The number of hydrogen-bond donors (Lipinski definition) is 0. The molecular formula is C6H6Br4O. The zero-order valence-corrected chi connectivity index (χ0v) is 11.8. The third-order valence-corrected chi connectivity index (χ3v) is 3.97. The molecule has 0 aromatic rings. The van der Waals surface area contributed by atoms with E-state index >= 15 is 0 Å². The van der Waals surface area contributed by atoms with Crippen LogP contribution >= 0.6 is 63.7 Å². The first-order chi connectivity index (χ1) is 5.20. The molecule has 0 aromatic carbocycles. The van der Waals surface area contributed by atoms with Gasteiger partial charge in [0.05, 0.1) is 13.2 Å². The van der Waals surface area contributed by atoms with Crippen LogP contribution in [0, 0.1) is 0 Å². The average molecular weight is 414 g/mol. The van der Waals surface area contributed by atoms with Crippen molar-refractivity contribution in [2.45, 2.75) is 0 Å². The van der Waals surface area contributed by atoms with Crippen molar-refractivity contribution in [1.82, 2.24) is 0 Å². The smallest absolute Gasteiger partial charge is 0.0791 e. The molecule has 0 aliphatic heterocycles. The molecule has 0 fully saturated rings. The molecule has 5 heteroatoms. The van der Waals surface area contributed by atoms with E-state index in [-0.39, 0.29) is 0 Å². The van der Waals surface area contributed by atoms with E-state index < -0.39 is 0 Å². The Bertz CT molecular complexity index is 146. The van der Waals surface area contributed by atoms with Crippen molar-refractivity contribution < 1.29 is 4.74 Å². The summed E-state index contributed by atoms with van der Waals surface area (Å²) < 4.78 is 7.21. The van der Waals surface area contributed by atoms with Gasteiger partial charge in [0.15, 0.2) is 0 Å². The van der Waals surface area contributed by atoms with Crippen LogP contribution in [0.1, 0.15) is 0 Å². The molecule has 64 valence electrons. The van der Waals surface area contributed by atoms with Crippen molar-refractivity contribution in [2.24, 2.45) is 0 Å². The van der Waals surface area contributed by atoms with Crippen LogP contribution in [0.15, 0.2) is 18.9 Å². The van der Waals surface area contributed by atoms with Crippen LogP contribution in [0.3, 0.4) is 0 Å². The average Bonchev–Trinajstić information content (AvgIpc) is 2.04. The highest BCUT2D eigenvalue weighted by Crippen LogP contribution is 2.11. The molecule has 0 spiro atoms. The Balaban J connectivity index is 3.43. The highest BCUT2D eigenvalue weighted by Gasteiger charge is 1.93. The van der Waals surface area contributed by atoms with Crippen LogP contribution in [0.25, 0.3) is 0 Å². The predicted octanol–water partition coefficient (Wildman–Crippen LogP) is 4.27. The maximum absolute atomic E-state index is 5.25. The number of hydrogen-bond acceptors (Lipinski definition) is 1. The van der Waals surface area contributed by atoms with E-state index in [2.05, 4.69) is 63.7 Å². The van der Waals surface area contributed by atoms with E-state index in [1.807, 2.05) is 0 Å². The second-order valence-corrected chi connectivity index (χ2v) is 4.56. The van der Waals surface area contributed by atoms with Gasteiger partial charge in [0, 0.05) is 8.96 Å². The number of ether oxygens (including phenoxy) is 1. The largest absolute Gasteiger partial charge is 0.371 e. The molecule has 0 amide bonds. The lowest BCUT2D eigenvalue weighted by atomic mass is 10.6. The van der Waals surface area contributed by atoms with Gasteiger partial charge in [-0.25, -0.2) is 0 Å². The summed E-state index contributed by atoms with van der Waals surface area (Å²) in [4.78, 5) is 3.55. The normalized spacial score (nSPS) is 13.8. The second-order valence-electron chi connectivity index (χ2n) is 1.60. The first-order valence-electron chi connectivity index (χ1n) is 2.68. The summed E-state index contributed by atoms with van der Waals surface area (Å²) in [5, 5.41) is 0. The molecule has 0 rings (SSSR count). The van der Waals surface area contributed by atoms with E-state index in [1.54, 1.807) is 9.97 Å². The van der Waals surface area contributed by atoms with Gasteiger partial charge in [0.2, 0.25) is 0 Å². The van der Waals surface area contributed by atoms with Gasteiger partial charge in [-0.2, -0.15) is 0 Å². The van der Waals surface area contributed by atoms with Crippen LogP contribution in [-0.2, 0) is 4.74 Å². The Labute approximate surface area is 99.8 Å². The number of halogens is 4. The van der Waals surface area contributed by atoms with Gasteiger partial charge in [0.1, 0.15) is 0 Å². The molecule has 11 heavy (non-hydrogen) atoms. The first kappa shape index (κ1) is 12.4. The Morgan fingerprint density at radius 2 is 1.36 bits per heavy atom. The summed E-state index contributed by atoms with van der Waals surface area (Å²) in [6.45, 7) is 1.14. The lowest BCUT2D eigenvalue weighted by Crippen LogP contribution is -1.95. The van der Waals surface area contributed by atoms with Gasteiger partial charge >= 0.3 is 0 Å². The molecule has 0 heterocycles. The molecule has 0 aliphatic rings. The molecule has 0 N–H and O–H groups in total. The van der Waals surface area contributed by atoms with Crippen molar-refractivity contribution >= 4 is 63.7 Å². The second kappa shape index (κ2) is 7.98. The van der Waals surface area contributed by atoms with E-state index in [9.17, 15) is 0 Å². The third kappa shape index (κ3) is 7.71. The van der Waals surface area contributed by atoms with Crippen molar-refractivity contribution in [1.29, 1.82) is 0 Å². The summed E-state index contributed by atoms with van der Waals surface area (Å²) in [5.41, 5.74) is 0. The van der Waals surface area contributed by atoms with Crippen molar-refractivity contribution in [3.8, 4) is 0 Å². The molecule has 0 saturated carbocycles. The summed E-state index contributed by atoms with van der Waals surface area (Å²) in [7, 11) is 0. The van der Waals surface area contributed by atoms with Crippen molar-refractivity contribution in [2.75, 3.05) is 13.2 Å². The fraction of sp³-hybridized carbons (Fsp3) is 0.333. The topological polar surface area (TPSA) is 9.23 Å². The predicted molar refractivity (Wildman–Crippen MR) is 62.7 cm³/mol. The van der Waals surface area contributed by atoms with E-state index in [0.717, 1.165) is 8.96 Å². The fourth-order valence-electron chi connectivity index (χ4n) is 0.309. The van der Waals surface area contributed by atoms with Gasteiger partial charge < -0.3 is 4.74 Å². The van der Waals surface area contributed by atoms with Gasteiger partial charge in [-0.15, -0.1) is 0 Å². The highest BCUT2D eigenvalue weighted by atomic mass is 79.9. The van der Waals surface area contributed by atoms with Crippen LogP contribution in [0.4, 0.5) is 0 Å². The maximum atomic E-state index is 5.25. The van der Waals surface area contributed by atoms with Gasteiger partial charge in [0.25, 0.3) is 0 Å². The molecule has 0 atom stereocenters. The van der Waals surface area contributed by atoms with Gasteiger partial charge in [-0.05, 0) is 9.97 Å². The van der Waals surface area contributed by atoms with Crippen LogP contribution in [-0.4, -0.2) is 13.2 Å². The van der Waals surface area contributed by atoms with Crippen molar-refractivity contribution in [3.63, 3.8) is 0 Å². The fourth-order valence-corrected chi connectivity index (χ4v) is 0.897. The maximum Gasteiger partial charge on any atom is 0.0791 e. The van der Waals surface area contributed by atoms with Gasteiger partial charge in [-0.3, -0.25) is 0 Å². The van der Waals surface area contributed by atoms with Crippen LogP contribution in [0.5, 0.6) is 0 Å². The Morgan fingerprint density at radius 3 is 1.64 bits per heavy atom. The van der Waals surface area contributed by atoms with Crippen LogP contribution in [0.2, 0.25) is 0 Å². The molecule has 1 nitrogen and oxygen atoms in total. The van der Waals surface area contributed by atoms with Crippen molar-refractivity contribution in [3.05, 3.63) is 18.9 Å². The monoisotopic (exact) mass is 410 g/mol. The minimum Gasteiger partial charge on any atom is -0.371 e. The molecule has 0 unspecified atom stereocenters. The zero-order valence-electron chi connectivity index (χ0n) is 5.49. The summed E-state index contributed by atoms with van der Waals surface area (Å²) in [6.07, 6.45) is 0. The van der Waals surface area contributed by atoms with E-state index in [4.69, 9.17) is 4.74 Å². The van der Waals surface area contributed by atoms with E-state index in [1.165, 1.54) is 0 Å². The molecule has 0 aliphatic carbocycles. The van der Waals surface area contributed by atoms with Gasteiger partial charge in [-0.1, -0.05) is 63.7 Å².